The molecule has 0 saturated carbocycles. The van der Waals surface area contributed by atoms with E-state index in [1.54, 1.807) is 6.07 Å². The second kappa shape index (κ2) is 7.48. The van der Waals surface area contributed by atoms with E-state index in [0.29, 0.717) is 10.0 Å². The molecule has 0 spiro atoms. The summed E-state index contributed by atoms with van der Waals surface area (Å²) in [4.78, 5) is 0.356. The third kappa shape index (κ3) is 4.89. The Morgan fingerprint density at radius 3 is 2.88 bits per heavy atom. The van der Waals surface area contributed by atoms with Crippen molar-refractivity contribution in [3.8, 4) is 0 Å². The molecule has 0 heterocycles. The molecule has 0 aliphatic carbocycles. The van der Waals surface area contributed by atoms with Crippen molar-refractivity contribution in [2.45, 2.75) is 13.3 Å². The van der Waals surface area contributed by atoms with Gasteiger partial charge in [0.2, 0.25) is 0 Å². The summed E-state index contributed by atoms with van der Waals surface area (Å²) in [6.07, 6.45) is 0.946. The van der Waals surface area contributed by atoms with Crippen LogP contribution in [0.15, 0.2) is 18.2 Å². The van der Waals surface area contributed by atoms with E-state index in [2.05, 4.69) is 5.32 Å². The lowest BCUT2D eigenvalue weighted by Gasteiger charge is -2.09. The average molecular weight is 273 g/mol. The first-order valence-corrected chi connectivity index (χ1v) is 6.34. The Balaban J connectivity index is 2.46. The van der Waals surface area contributed by atoms with Crippen LogP contribution in [0.4, 0.5) is 5.69 Å². The van der Waals surface area contributed by atoms with E-state index in [1.807, 2.05) is 19.1 Å². The topological polar surface area (TPSA) is 47.3 Å². The minimum atomic E-state index is 0.356. The third-order valence-electron chi connectivity index (χ3n) is 2.24. The van der Waals surface area contributed by atoms with E-state index in [-0.39, 0.29) is 0 Å². The zero-order valence-corrected chi connectivity index (χ0v) is 11.4. The molecule has 1 rings (SSSR count). The molecule has 5 heteroatoms. The standard InChI is InChI=1S/C12H17ClN2OS/c1-2-16-7-3-6-15-11-5-4-9(12(14)17)8-10(11)13/h4-5,8,15H,2-3,6-7H2,1H3,(H2,14,17). The van der Waals surface area contributed by atoms with Crippen LogP contribution >= 0.6 is 23.8 Å². The molecule has 0 aliphatic heterocycles. The van der Waals surface area contributed by atoms with E-state index < -0.39 is 0 Å². The lowest BCUT2D eigenvalue weighted by Crippen LogP contribution is -2.10. The molecular formula is C12H17ClN2OS. The summed E-state index contributed by atoms with van der Waals surface area (Å²) in [7, 11) is 0. The van der Waals surface area contributed by atoms with Crippen LogP contribution in [-0.4, -0.2) is 24.7 Å². The van der Waals surface area contributed by atoms with Crippen molar-refractivity contribution in [2.75, 3.05) is 25.1 Å². The molecule has 1 aromatic carbocycles. The fourth-order valence-electron chi connectivity index (χ4n) is 1.35. The van der Waals surface area contributed by atoms with Crippen LogP contribution in [0, 0.1) is 0 Å². The number of halogens is 1. The van der Waals surface area contributed by atoms with Crippen LogP contribution in [0.3, 0.4) is 0 Å². The van der Waals surface area contributed by atoms with Gasteiger partial charge in [-0.05, 0) is 31.5 Å². The fourth-order valence-corrected chi connectivity index (χ4v) is 1.73. The number of nitrogens with two attached hydrogens (primary N) is 1. The number of nitrogens with one attached hydrogen (secondary N) is 1. The van der Waals surface area contributed by atoms with Crippen molar-refractivity contribution in [2.24, 2.45) is 5.73 Å². The van der Waals surface area contributed by atoms with Crippen LogP contribution in [-0.2, 0) is 4.74 Å². The van der Waals surface area contributed by atoms with Gasteiger partial charge in [-0.1, -0.05) is 23.8 Å². The highest BCUT2D eigenvalue weighted by molar-refractivity contribution is 7.80. The zero-order valence-electron chi connectivity index (χ0n) is 9.83. The average Bonchev–Trinajstić information content (AvgIpc) is 2.30. The Morgan fingerprint density at radius 1 is 1.53 bits per heavy atom. The van der Waals surface area contributed by atoms with Gasteiger partial charge >= 0.3 is 0 Å². The largest absolute Gasteiger partial charge is 0.389 e. The molecule has 3 nitrogen and oxygen atoms in total. The lowest BCUT2D eigenvalue weighted by molar-refractivity contribution is 0.147. The Labute approximate surface area is 112 Å². The first-order chi connectivity index (χ1) is 8.15. The molecule has 17 heavy (non-hydrogen) atoms. The minimum Gasteiger partial charge on any atom is -0.389 e. The Hall–Kier alpha value is -0.840. The van der Waals surface area contributed by atoms with Gasteiger partial charge < -0.3 is 15.8 Å². The maximum absolute atomic E-state index is 6.10. The van der Waals surface area contributed by atoms with Crippen LogP contribution in [0.25, 0.3) is 0 Å². The maximum Gasteiger partial charge on any atom is 0.104 e. The zero-order chi connectivity index (χ0) is 12.7. The quantitative estimate of drug-likeness (QED) is 0.592. The van der Waals surface area contributed by atoms with Crippen molar-refractivity contribution >= 4 is 34.5 Å². The van der Waals surface area contributed by atoms with Gasteiger partial charge in [0.05, 0.1) is 10.7 Å². The first-order valence-electron chi connectivity index (χ1n) is 5.56. The van der Waals surface area contributed by atoms with E-state index >= 15 is 0 Å². The van der Waals surface area contributed by atoms with Gasteiger partial charge in [0.25, 0.3) is 0 Å². The Bertz CT molecular complexity index is 385. The summed E-state index contributed by atoms with van der Waals surface area (Å²) in [5, 5.41) is 3.87. The van der Waals surface area contributed by atoms with Crippen molar-refractivity contribution in [1.82, 2.24) is 0 Å². The van der Waals surface area contributed by atoms with Crippen LogP contribution < -0.4 is 11.1 Å². The summed E-state index contributed by atoms with van der Waals surface area (Å²) in [5.74, 6) is 0. The Kier molecular flexibility index (Phi) is 6.26. The van der Waals surface area contributed by atoms with Crippen LogP contribution in [0.2, 0.25) is 5.02 Å². The van der Waals surface area contributed by atoms with E-state index in [4.69, 9.17) is 34.3 Å². The highest BCUT2D eigenvalue weighted by Gasteiger charge is 2.02. The van der Waals surface area contributed by atoms with Gasteiger partial charge in [0.1, 0.15) is 4.99 Å². The second-order valence-corrected chi connectivity index (χ2v) is 4.38. The molecule has 94 valence electrons. The predicted molar refractivity (Wildman–Crippen MR) is 76.9 cm³/mol. The molecule has 0 saturated heterocycles. The number of thiocarbonyl (C=S) groups is 1. The van der Waals surface area contributed by atoms with E-state index in [1.165, 1.54) is 0 Å². The monoisotopic (exact) mass is 272 g/mol. The molecule has 1 aromatic rings. The molecular weight excluding hydrogens is 256 g/mol. The number of rotatable bonds is 7. The van der Waals surface area contributed by atoms with E-state index in [9.17, 15) is 0 Å². The Morgan fingerprint density at radius 2 is 2.29 bits per heavy atom. The number of hydrogen-bond acceptors (Lipinski definition) is 3. The third-order valence-corrected chi connectivity index (χ3v) is 2.79. The summed E-state index contributed by atoms with van der Waals surface area (Å²) in [5.41, 5.74) is 7.20. The molecule has 0 aliphatic rings. The van der Waals surface area contributed by atoms with Gasteiger partial charge in [-0.2, -0.15) is 0 Å². The maximum atomic E-state index is 6.10. The fraction of sp³-hybridized carbons (Fsp3) is 0.417. The van der Waals surface area contributed by atoms with Crippen LogP contribution in [0.5, 0.6) is 0 Å². The van der Waals surface area contributed by atoms with Gasteiger partial charge in [-0.3, -0.25) is 0 Å². The van der Waals surface area contributed by atoms with Crippen molar-refractivity contribution in [3.63, 3.8) is 0 Å². The molecule has 0 radical (unpaired) electrons. The van der Waals surface area contributed by atoms with Crippen molar-refractivity contribution in [1.29, 1.82) is 0 Å². The molecule has 0 aromatic heterocycles. The lowest BCUT2D eigenvalue weighted by atomic mass is 10.2. The minimum absolute atomic E-state index is 0.356. The number of benzene rings is 1. The predicted octanol–water partition coefficient (Wildman–Crippen LogP) is 2.81. The highest BCUT2D eigenvalue weighted by atomic mass is 35.5. The van der Waals surface area contributed by atoms with Gasteiger partial charge in [0, 0.05) is 25.3 Å². The molecule has 0 atom stereocenters. The first kappa shape index (κ1) is 14.2. The smallest absolute Gasteiger partial charge is 0.104 e. The van der Waals surface area contributed by atoms with Gasteiger partial charge in [-0.25, -0.2) is 0 Å². The van der Waals surface area contributed by atoms with Crippen molar-refractivity contribution < 1.29 is 4.74 Å². The second-order valence-electron chi connectivity index (χ2n) is 3.54. The van der Waals surface area contributed by atoms with Crippen molar-refractivity contribution in [3.05, 3.63) is 28.8 Å². The highest BCUT2D eigenvalue weighted by Crippen LogP contribution is 2.22. The molecule has 0 fully saturated rings. The number of anilines is 1. The van der Waals surface area contributed by atoms with Crippen LogP contribution in [0.1, 0.15) is 18.9 Å². The number of ether oxygens (including phenoxy) is 1. The molecule has 0 bridgehead atoms. The van der Waals surface area contributed by atoms with Gasteiger partial charge in [0.15, 0.2) is 0 Å². The van der Waals surface area contributed by atoms with E-state index in [0.717, 1.165) is 37.4 Å². The summed E-state index contributed by atoms with van der Waals surface area (Å²) >= 11 is 11.0. The SMILES string of the molecule is CCOCCCNc1ccc(C(N)=S)cc1Cl. The van der Waals surface area contributed by atoms with Gasteiger partial charge in [-0.15, -0.1) is 0 Å². The molecule has 3 N–H and O–H groups in total. The summed E-state index contributed by atoms with van der Waals surface area (Å²) in [6.45, 7) is 4.32. The molecule has 0 unspecified atom stereocenters. The summed E-state index contributed by atoms with van der Waals surface area (Å²) in [6, 6.07) is 5.52. The summed E-state index contributed by atoms with van der Waals surface area (Å²) < 4.78 is 5.25. The molecule has 0 amide bonds. The normalized spacial score (nSPS) is 10.2. The number of hydrogen-bond donors (Lipinski definition) is 2.